The van der Waals surface area contributed by atoms with E-state index >= 15 is 0 Å². The Morgan fingerprint density at radius 2 is 1.67 bits per heavy atom. The molecule has 0 amide bonds. The number of nitro benzene ring substituents is 1. The van der Waals surface area contributed by atoms with Crippen molar-refractivity contribution in [3.05, 3.63) is 70.0 Å². The highest BCUT2D eigenvalue weighted by Gasteiger charge is 2.33. The van der Waals surface area contributed by atoms with Crippen molar-refractivity contribution in [2.24, 2.45) is 5.10 Å². The standard InChI is InChI=1S/C17H19FN3O5P/c1-3-25-27(24,26-4-2)17(13-5-7-14(18)8-6-13)20-19-15-9-11-16(12-10-15)21(22)23/h5-12,19H,3-4H2,1-2H3/b20-17-. The van der Waals surface area contributed by atoms with Crippen molar-refractivity contribution < 1.29 is 22.9 Å². The number of hydrogen-bond acceptors (Lipinski definition) is 7. The largest absolute Gasteiger partial charge is 0.381 e. The van der Waals surface area contributed by atoms with Gasteiger partial charge in [-0.3, -0.25) is 20.1 Å². The second-order valence-electron chi connectivity index (χ2n) is 5.19. The van der Waals surface area contributed by atoms with Crippen LogP contribution in [0.2, 0.25) is 0 Å². The fraction of sp³-hybridized carbons (Fsp3) is 0.235. The van der Waals surface area contributed by atoms with Gasteiger partial charge in [0.05, 0.1) is 23.8 Å². The van der Waals surface area contributed by atoms with Gasteiger partial charge in [-0.1, -0.05) is 0 Å². The fourth-order valence-electron chi connectivity index (χ4n) is 2.16. The summed E-state index contributed by atoms with van der Waals surface area (Å²) in [6, 6.07) is 10.8. The van der Waals surface area contributed by atoms with Gasteiger partial charge in [-0.2, -0.15) is 5.10 Å². The smallest absolute Gasteiger partial charge is 0.304 e. The normalized spacial score (nSPS) is 12.0. The van der Waals surface area contributed by atoms with Gasteiger partial charge in [-0.15, -0.1) is 0 Å². The minimum Gasteiger partial charge on any atom is -0.304 e. The first-order chi connectivity index (χ1) is 12.9. The third-order valence-electron chi connectivity index (χ3n) is 3.33. The van der Waals surface area contributed by atoms with E-state index in [-0.39, 0.29) is 24.4 Å². The van der Waals surface area contributed by atoms with Crippen LogP contribution in [0.1, 0.15) is 19.4 Å². The summed E-state index contributed by atoms with van der Waals surface area (Å²) < 4.78 is 37.1. The van der Waals surface area contributed by atoms with Crippen LogP contribution < -0.4 is 5.43 Å². The molecule has 10 heteroatoms. The van der Waals surface area contributed by atoms with Crippen LogP contribution in [0.25, 0.3) is 0 Å². The summed E-state index contributed by atoms with van der Waals surface area (Å²) in [6.07, 6.45) is 0. The zero-order valence-corrected chi connectivity index (χ0v) is 15.7. The summed E-state index contributed by atoms with van der Waals surface area (Å²) in [5.41, 5.74) is 3.38. The lowest BCUT2D eigenvalue weighted by Crippen LogP contribution is -2.11. The number of nitrogens with zero attached hydrogens (tertiary/aromatic N) is 2. The van der Waals surface area contributed by atoms with Gasteiger partial charge in [0.25, 0.3) is 5.69 Å². The minimum absolute atomic E-state index is 0.0236. The number of benzene rings is 2. The first-order valence-electron chi connectivity index (χ1n) is 8.13. The summed E-state index contributed by atoms with van der Waals surface area (Å²) in [7, 11) is -3.77. The molecule has 0 atom stereocenters. The molecule has 0 saturated heterocycles. The molecule has 144 valence electrons. The molecular weight excluding hydrogens is 376 g/mol. The maximum atomic E-state index is 13.3. The molecule has 0 bridgehead atoms. The number of nitro groups is 1. The molecule has 27 heavy (non-hydrogen) atoms. The molecule has 2 rings (SSSR count). The average Bonchev–Trinajstić information content (AvgIpc) is 2.64. The molecule has 8 nitrogen and oxygen atoms in total. The maximum Gasteiger partial charge on any atom is 0.381 e. The molecule has 0 aliphatic heterocycles. The topological polar surface area (TPSA) is 103 Å². The highest BCUT2D eigenvalue weighted by molar-refractivity contribution is 7.73. The van der Waals surface area contributed by atoms with E-state index in [1.54, 1.807) is 13.8 Å². The van der Waals surface area contributed by atoms with Crippen LogP contribution in [0.3, 0.4) is 0 Å². The number of non-ortho nitro benzene ring substituents is 1. The summed E-state index contributed by atoms with van der Waals surface area (Å²) in [4.78, 5) is 10.2. The predicted molar refractivity (Wildman–Crippen MR) is 101 cm³/mol. The number of nitrogens with one attached hydrogen (secondary N) is 1. The molecule has 2 aromatic rings. The highest BCUT2D eigenvalue weighted by Crippen LogP contribution is 2.51. The van der Waals surface area contributed by atoms with E-state index in [9.17, 15) is 19.1 Å². The molecule has 0 heterocycles. The number of hydrazone groups is 1. The monoisotopic (exact) mass is 395 g/mol. The van der Waals surface area contributed by atoms with Gasteiger partial charge >= 0.3 is 7.60 Å². The molecule has 0 fully saturated rings. The lowest BCUT2D eigenvalue weighted by molar-refractivity contribution is -0.384. The Bertz CT molecular complexity index is 846. The van der Waals surface area contributed by atoms with Crippen LogP contribution in [-0.4, -0.2) is 23.6 Å². The van der Waals surface area contributed by atoms with Crippen LogP contribution in [0.15, 0.2) is 53.6 Å². The highest BCUT2D eigenvalue weighted by atomic mass is 31.2. The van der Waals surface area contributed by atoms with E-state index in [0.717, 1.165) is 0 Å². The molecule has 0 radical (unpaired) electrons. The van der Waals surface area contributed by atoms with Crippen molar-refractivity contribution in [2.45, 2.75) is 13.8 Å². The number of hydrogen-bond donors (Lipinski definition) is 1. The van der Waals surface area contributed by atoms with Gasteiger partial charge in [0.15, 0.2) is 5.45 Å². The van der Waals surface area contributed by atoms with E-state index in [0.29, 0.717) is 11.3 Å². The molecule has 0 unspecified atom stereocenters. The molecule has 0 aliphatic rings. The summed E-state index contributed by atoms with van der Waals surface area (Å²) in [5.74, 6) is -0.455. The number of rotatable bonds is 9. The van der Waals surface area contributed by atoms with E-state index in [4.69, 9.17) is 9.05 Å². The van der Waals surface area contributed by atoms with Gasteiger partial charge in [-0.05, 0) is 50.2 Å². The van der Waals surface area contributed by atoms with E-state index < -0.39 is 18.3 Å². The maximum absolute atomic E-state index is 13.3. The van der Waals surface area contributed by atoms with Gasteiger partial charge < -0.3 is 9.05 Å². The van der Waals surface area contributed by atoms with Crippen molar-refractivity contribution in [1.29, 1.82) is 0 Å². The van der Waals surface area contributed by atoms with Crippen LogP contribution in [0.5, 0.6) is 0 Å². The molecule has 0 aromatic heterocycles. The third kappa shape index (κ3) is 5.43. The third-order valence-corrected chi connectivity index (χ3v) is 5.40. The van der Waals surface area contributed by atoms with E-state index in [1.807, 2.05) is 0 Å². The van der Waals surface area contributed by atoms with E-state index in [2.05, 4.69) is 10.5 Å². The number of halogens is 1. The fourth-order valence-corrected chi connectivity index (χ4v) is 3.79. The second kappa shape index (κ2) is 9.36. The zero-order valence-electron chi connectivity index (χ0n) is 14.8. The van der Waals surface area contributed by atoms with Crippen LogP contribution in [0.4, 0.5) is 15.8 Å². The van der Waals surface area contributed by atoms with Crippen LogP contribution in [0, 0.1) is 15.9 Å². The lowest BCUT2D eigenvalue weighted by Gasteiger charge is -2.19. The summed E-state index contributed by atoms with van der Waals surface area (Å²) in [5, 5.41) is 14.9. The Hall–Kier alpha value is -2.61. The predicted octanol–water partition coefficient (Wildman–Crippen LogP) is 4.77. The van der Waals surface area contributed by atoms with Crippen LogP contribution in [-0.2, 0) is 13.6 Å². The molecule has 0 saturated carbocycles. The first kappa shape index (κ1) is 20.7. The van der Waals surface area contributed by atoms with Crippen molar-refractivity contribution in [3.8, 4) is 0 Å². The summed E-state index contributed by atoms with van der Waals surface area (Å²) in [6.45, 7) is 3.57. The molecule has 1 N–H and O–H groups in total. The van der Waals surface area contributed by atoms with Gasteiger partial charge in [0, 0.05) is 17.7 Å². The van der Waals surface area contributed by atoms with Crippen molar-refractivity contribution >= 4 is 24.4 Å². The Labute approximate surface area is 155 Å². The van der Waals surface area contributed by atoms with Crippen LogP contribution >= 0.6 is 7.60 Å². The Morgan fingerprint density at radius 3 is 2.15 bits per heavy atom. The Kier molecular flexibility index (Phi) is 7.18. The second-order valence-corrected chi connectivity index (χ2v) is 7.13. The quantitative estimate of drug-likeness (QED) is 0.284. The Morgan fingerprint density at radius 1 is 1.11 bits per heavy atom. The van der Waals surface area contributed by atoms with Crippen molar-refractivity contribution in [2.75, 3.05) is 18.6 Å². The molecule has 0 spiro atoms. The van der Waals surface area contributed by atoms with Crippen molar-refractivity contribution in [1.82, 2.24) is 0 Å². The van der Waals surface area contributed by atoms with Gasteiger partial charge in [0.2, 0.25) is 0 Å². The lowest BCUT2D eigenvalue weighted by atomic mass is 10.2. The molecular formula is C17H19FN3O5P. The first-order valence-corrected chi connectivity index (χ1v) is 9.67. The van der Waals surface area contributed by atoms with Gasteiger partial charge in [-0.25, -0.2) is 4.39 Å². The molecule has 0 aliphatic carbocycles. The number of anilines is 1. The zero-order chi connectivity index (χ0) is 19.9. The minimum atomic E-state index is -3.77. The average molecular weight is 395 g/mol. The SMILES string of the molecule is CCOP(=O)(OCC)/C(=N\Nc1ccc([N+](=O)[O-])cc1)c1ccc(F)cc1. The van der Waals surface area contributed by atoms with Crippen molar-refractivity contribution in [3.63, 3.8) is 0 Å². The summed E-state index contributed by atoms with van der Waals surface area (Å²) >= 11 is 0. The molecule has 2 aromatic carbocycles. The Balaban J connectivity index is 2.41. The van der Waals surface area contributed by atoms with E-state index in [1.165, 1.54) is 48.5 Å². The van der Waals surface area contributed by atoms with Gasteiger partial charge in [0.1, 0.15) is 5.82 Å².